The van der Waals surface area contributed by atoms with E-state index in [2.05, 4.69) is 15.9 Å². The van der Waals surface area contributed by atoms with Crippen molar-refractivity contribution in [1.29, 1.82) is 0 Å². The van der Waals surface area contributed by atoms with E-state index in [1.165, 1.54) is 13.8 Å². The molecule has 0 saturated heterocycles. The van der Waals surface area contributed by atoms with Crippen molar-refractivity contribution in [1.82, 2.24) is 11.0 Å². The fourth-order valence-electron chi connectivity index (χ4n) is 0.312. The van der Waals surface area contributed by atoms with Gasteiger partial charge in [0.15, 0.2) is 0 Å². The molecule has 0 fully saturated rings. The Kier molecular flexibility index (Phi) is 4.97. The molecule has 7 nitrogen and oxygen atoms in total. The van der Waals surface area contributed by atoms with Crippen LogP contribution >= 0.6 is 0 Å². The van der Waals surface area contributed by atoms with Gasteiger partial charge in [-0.05, 0) is 13.8 Å². The Balaban J connectivity index is 3.56. The molecule has 0 saturated carbocycles. The second-order valence-corrected chi connectivity index (χ2v) is 2.46. The van der Waals surface area contributed by atoms with Crippen molar-refractivity contribution < 1.29 is 24.7 Å². The topological polar surface area (TPSA) is 108 Å². The van der Waals surface area contributed by atoms with Crippen LogP contribution < -0.4 is 11.0 Å². The average molecular weight is 192 g/mol. The van der Waals surface area contributed by atoms with Gasteiger partial charge in [0.05, 0.1) is 0 Å². The second-order valence-electron chi connectivity index (χ2n) is 2.46. The van der Waals surface area contributed by atoms with E-state index in [-0.39, 0.29) is 0 Å². The van der Waals surface area contributed by atoms with Crippen LogP contribution in [0.1, 0.15) is 13.8 Å². The van der Waals surface area contributed by atoms with Gasteiger partial charge in [-0.25, -0.2) is 4.94 Å². The van der Waals surface area contributed by atoms with E-state index in [4.69, 9.17) is 10.2 Å². The lowest BCUT2D eigenvalue weighted by atomic mass is 10.4. The number of carboxylic acids is 2. The summed E-state index contributed by atoms with van der Waals surface area (Å²) in [4.78, 5) is 24.9. The number of carbonyl (C=O) groups is 2. The zero-order valence-electron chi connectivity index (χ0n) is 7.27. The zero-order chi connectivity index (χ0) is 10.4. The van der Waals surface area contributed by atoms with Gasteiger partial charge >= 0.3 is 11.9 Å². The maximum absolute atomic E-state index is 10.2. The molecular formula is C6H12N2O5. The molecule has 0 aromatic heterocycles. The number of hydrogen-bond acceptors (Lipinski definition) is 5. The van der Waals surface area contributed by atoms with Crippen LogP contribution in [0, 0.1) is 0 Å². The van der Waals surface area contributed by atoms with E-state index in [1.54, 1.807) is 0 Å². The number of nitrogens with one attached hydrogen (secondary N) is 2. The van der Waals surface area contributed by atoms with Gasteiger partial charge in [0.25, 0.3) is 0 Å². The van der Waals surface area contributed by atoms with Crippen LogP contribution in [0.5, 0.6) is 0 Å². The van der Waals surface area contributed by atoms with Crippen molar-refractivity contribution in [3.8, 4) is 0 Å². The monoisotopic (exact) mass is 192 g/mol. The average Bonchev–Trinajstić information content (AvgIpc) is 2.03. The molecule has 7 heteroatoms. The van der Waals surface area contributed by atoms with E-state index < -0.39 is 24.0 Å². The van der Waals surface area contributed by atoms with E-state index in [9.17, 15) is 9.59 Å². The Labute approximate surface area is 74.6 Å². The molecule has 0 aromatic rings. The minimum Gasteiger partial charge on any atom is -0.480 e. The van der Waals surface area contributed by atoms with Crippen LogP contribution in [0.15, 0.2) is 0 Å². The maximum Gasteiger partial charge on any atom is 0.322 e. The van der Waals surface area contributed by atoms with Crippen LogP contribution in [0.25, 0.3) is 0 Å². The first-order valence-corrected chi connectivity index (χ1v) is 3.57. The Morgan fingerprint density at radius 3 is 1.62 bits per heavy atom. The molecule has 0 bridgehead atoms. The number of hydrogen-bond donors (Lipinski definition) is 4. The van der Waals surface area contributed by atoms with Gasteiger partial charge < -0.3 is 10.2 Å². The minimum atomic E-state index is -1.09. The molecule has 0 heterocycles. The first kappa shape index (κ1) is 11.8. The molecule has 0 aliphatic rings. The first-order valence-electron chi connectivity index (χ1n) is 3.57. The lowest BCUT2D eigenvalue weighted by Crippen LogP contribution is -2.43. The molecule has 0 rings (SSSR count). The highest BCUT2D eigenvalue weighted by Gasteiger charge is 2.13. The Morgan fingerprint density at radius 2 is 1.38 bits per heavy atom. The highest BCUT2D eigenvalue weighted by molar-refractivity contribution is 5.73. The van der Waals surface area contributed by atoms with Gasteiger partial charge in [-0.15, -0.1) is 0 Å². The van der Waals surface area contributed by atoms with E-state index in [0.717, 1.165) is 0 Å². The van der Waals surface area contributed by atoms with Gasteiger partial charge in [0.1, 0.15) is 12.1 Å². The van der Waals surface area contributed by atoms with Crippen molar-refractivity contribution in [2.24, 2.45) is 0 Å². The molecule has 0 unspecified atom stereocenters. The van der Waals surface area contributed by atoms with E-state index in [1.807, 2.05) is 0 Å². The lowest BCUT2D eigenvalue weighted by molar-refractivity contribution is -0.153. The molecule has 0 aliphatic heterocycles. The fraction of sp³-hybridized carbons (Fsp3) is 0.667. The molecule has 0 radical (unpaired) electrons. The third-order valence-corrected chi connectivity index (χ3v) is 1.21. The van der Waals surface area contributed by atoms with Crippen molar-refractivity contribution >= 4 is 11.9 Å². The molecule has 0 aliphatic carbocycles. The van der Waals surface area contributed by atoms with E-state index >= 15 is 0 Å². The van der Waals surface area contributed by atoms with Gasteiger partial charge in [0.2, 0.25) is 0 Å². The summed E-state index contributed by atoms with van der Waals surface area (Å²) in [6.07, 6.45) is 0. The fourth-order valence-corrected chi connectivity index (χ4v) is 0.312. The minimum absolute atomic E-state index is 0.909. The van der Waals surface area contributed by atoms with Gasteiger partial charge in [-0.2, -0.15) is 11.0 Å². The largest absolute Gasteiger partial charge is 0.480 e. The molecule has 0 spiro atoms. The third-order valence-electron chi connectivity index (χ3n) is 1.21. The third kappa shape index (κ3) is 5.12. The standard InChI is InChI=1S/C6H12N2O5/c1-3(5(9)10)7-13-8-4(2)6(11)12/h3-4,7-8H,1-2H3,(H,9,10)(H,11,12)/t3-,4-/m0/s1. The maximum atomic E-state index is 10.2. The number of hydroxylamine groups is 2. The molecule has 0 aromatic carbocycles. The van der Waals surface area contributed by atoms with Crippen molar-refractivity contribution in [2.45, 2.75) is 25.9 Å². The summed E-state index contributed by atoms with van der Waals surface area (Å²) < 4.78 is 0. The number of rotatable bonds is 6. The van der Waals surface area contributed by atoms with E-state index in [0.29, 0.717) is 0 Å². The highest BCUT2D eigenvalue weighted by Crippen LogP contribution is 1.82. The molecular weight excluding hydrogens is 180 g/mol. The summed E-state index contributed by atoms with van der Waals surface area (Å²) in [5.41, 5.74) is 4.19. The predicted octanol–water partition coefficient (Wildman–Crippen LogP) is -1.04. The van der Waals surface area contributed by atoms with Crippen molar-refractivity contribution in [3.05, 3.63) is 0 Å². The van der Waals surface area contributed by atoms with Crippen LogP contribution in [0.4, 0.5) is 0 Å². The Morgan fingerprint density at radius 1 is 1.08 bits per heavy atom. The highest BCUT2D eigenvalue weighted by atomic mass is 16.8. The summed E-state index contributed by atoms with van der Waals surface area (Å²) >= 11 is 0. The van der Waals surface area contributed by atoms with Crippen LogP contribution in [0.2, 0.25) is 0 Å². The molecule has 2 atom stereocenters. The molecule has 4 N–H and O–H groups in total. The first-order chi connectivity index (χ1) is 5.95. The Bertz CT molecular complexity index is 175. The summed E-state index contributed by atoms with van der Waals surface area (Å²) in [5, 5.41) is 16.7. The lowest BCUT2D eigenvalue weighted by Gasteiger charge is -2.11. The number of aliphatic carboxylic acids is 2. The number of carboxylic acid groups (broad SMARTS) is 2. The molecule has 13 heavy (non-hydrogen) atoms. The van der Waals surface area contributed by atoms with Gasteiger partial charge in [-0.1, -0.05) is 0 Å². The molecule has 0 amide bonds. The van der Waals surface area contributed by atoms with Crippen LogP contribution in [-0.4, -0.2) is 34.2 Å². The summed E-state index contributed by atoms with van der Waals surface area (Å²) in [6.45, 7) is 2.71. The molecule has 76 valence electrons. The summed E-state index contributed by atoms with van der Waals surface area (Å²) in [5.74, 6) is -2.19. The quantitative estimate of drug-likeness (QED) is 0.398. The second kappa shape index (κ2) is 5.46. The zero-order valence-corrected chi connectivity index (χ0v) is 7.27. The Hall–Kier alpha value is -1.18. The van der Waals surface area contributed by atoms with Crippen molar-refractivity contribution in [3.63, 3.8) is 0 Å². The smallest absolute Gasteiger partial charge is 0.322 e. The van der Waals surface area contributed by atoms with Gasteiger partial charge in [0, 0.05) is 0 Å². The SMILES string of the molecule is C[C@H](NON[C@@H](C)C(=O)O)C(=O)O. The normalized spacial score (nSPS) is 14.9. The predicted molar refractivity (Wildman–Crippen MR) is 41.6 cm³/mol. The summed E-state index contributed by atoms with van der Waals surface area (Å²) in [7, 11) is 0. The van der Waals surface area contributed by atoms with Crippen LogP contribution in [-0.2, 0) is 14.5 Å². The van der Waals surface area contributed by atoms with Gasteiger partial charge in [-0.3, -0.25) is 9.59 Å². The van der Waals surface area contributed by atoms with Crippen molar-refractivity contribution in [2.75, 3.05) is 0 Å². The summed E-state index contributed by atoms with van der Waals surface area (Å²) in [6, 6.07) is -1.82. The van der Waals surface area contributed by atoms with Crippen LogP contribution in [0.3, 0.4) is 0 Å².